The van der Waals surface area contributed by atoms with Gasteiger partial charge in [0.05, 0.1) is 6.61 Å². The molecule has 0 aliphatic carbocycles. The lowest BCUT2D eigenvalue weighted by molar-refractivity contribution is -0.134. The predicted octanol–water partition coefficient (Wildman–Crippen LogP) is -2.65. The Balaban J connectivity index is 0. The molecule has 84 valence electrons. The number of hydrogen-bond donors (Lipinski definition) is 5. The third-order valence-corrected chi connectivity index (χ3v) is 1.07. The minimum Gasteiger partial charge on any atom is -0.481 e. The van der Waals surface area contributed by atoms with Crippen LogP contribution in [0.1, 0.15) is 6.92 Å². The van der Waals surface area contributed by atoms with E-state index in [2.05, 4.69) is 0 Å². The van der Waals surface area contributed by atoms with E-state index in [1.165, 1.54) is 0 Å². The Labute approximate surface area is 80.2 Å². The van der Waals surface area contributed by atoms with E-state index >= 15 is 0 Å². The Morgan fingerprint density at radius 1 is 1.36 bits per heavy atom. The number of carboxylic acids is 1. The van der Waals surface area contributed by atoms with Gasteiger partial charge in [0.1, 0.15) is 18.3 Å². The van der Waals surface area contributed by atoms with Crippen molar-refractivity contribution < 1.29 is 35.1 Å². The molecule has 0 aliphatic heterocycles. The van der Waals surface area contributed by atoms with Crippen LogP contribution in [0, 0.1) is 0 Å². The zero-order valence-corrected chi connectivity index (χ0v) is 7.57. The molecule has 7 heteroatoms. The quantitative estimate of drug-likeness (QED) is 0.320. The van der Waals surface area contributed by atoms with Crippen molar-refractivity contribution in [1.82, 2.24) is 0 Å². The fourth-order valence-electron chi connectivity index (χ4n) is 0.416. The van der Waals surface area contributed by atoms with E-state index in [9.17, 15) is 4.79 Å². The van der Waals surface area contributed by atoms with Crippen LogP contribution in [0.3, 0.4) is 0 Å². The molecule has 0 aromatic carbocycles. The summed E-state index contributed by atoms with van der Waals surface area (Å²) in [5.41, 5.74) is 0. The van der Waals surface area contributed by atoms with Gasteiger partial charge in [-0.05, 0) is 0 Å². The lowest BCUT2D eigenvalue weighted by atomic mass is 10.1. The van der Waals surface area contributed by atoms with E-state index in [-0.39, 0.29) is 6.29 Å². The molecule has 0 amide bonds. The highest BCUT2D eigenvalue weighted by molar-refractivity contribution is 5.62. The Morgan fingerprint density at radius 3 is 1.93 bits per heavy atom. The molecule has 0 aliphatic rings. The van der Waals surface area contributed by atoms with E-state index in [1.807, 2.05) is 0 Å². The summed E-state index contributed by atoms with van der Waals surface area (Å²) in [6, 6.07) is 0. The summed E-state index contributed by atoms with van der Waals surface area (Å²) >= 11 is 0. The molecule has 0 aromatic rings. The van der Waals surface area contributed by atoms with E-state index in [0.29, 0.717) is 0 Å². The molecule has 0 saturated heterocycles. The minimum atomic E-state index is -1.64. The summed E-state index contributed by atoms with van der Waals surface area (Å²) in [4.78, 5) is 18.8. The maximum absolute atomic E-state index is 9.76. The fraction of sp³-hybridized carbons (Fsp3) is 0.714. The van der Waals surface area contributed by atoms with Crippen molar-refractivity contribution in [3.05, 3.63) is 0 Å². The van der Waals surface area contributed by atoms with Crippen molar-refractivity contribution in [2.75, 3.05) is 6.61 Å². The molecule has 0 fully saturated rings. The van der Waals surface area contributed by atoms with Gasteiger partial charge in [0.2, 0.25) is 0 Å². The van der Waals surface area contributed by atoms with Crippen LogP contribution in [0.15, 0.2) is 0 Å². The highest BCUT2D eigenvalue weighted by Crippen LogP contribution is 1.96. The number of aliphatic hydroxyl groups is 4. The smallest absolute Gasteiger partial charge is 0.300 e. The molecule has 0 rings (SSSR count). The Hall–Kier alpha value is -1.02. The summed E-state index contributed by atoms with van der Waals surface area (Å²) in [5.74, 6) is -0.833. The average Bonchev–Trinajstić information content (AvgIpc) is 2.13. The van der Waals surface area contributed by atoms with Gasteiger partial charge >= 0.3 is 0 Å². The topological polar surface area (TPSA) is 135 Å². The normalized spacial score (nSPS) is 15.8. The van der Waals surface area contributed by atoms with Crippen LogP contribution in [-0.4, -0.2) is 62.7 Å². The highest BCUT2D eigenvalue weighted by Gasteiger charge is 2.22. The largest absolute Gasteiger partial charge is 0.481 e. The van der Waals surface area contributed by atoms with Crippen LogP contribution in [-0.2, 0) is 9.59 Å². The first kappa shape index (κ1) is 15.5. The predicted molar refractivity (Wildman–Crippen MR) is 44.5 cm³/mol. The summed E-state index contributed by atoms with van der Waals surface area (Å²) in [6.45, 7) is 0.395. The van der Waals surface area contributed by atoms with Crippen molar-refractivity contribution in [1.29, 1.82) is 0 Å². The number of carbonyl (C=O) groups is 2. The van der Waals surface area contributed by atoms with E-state index in [4.69, 9.17) is 30.3 Å². The van der Waals surface area contributed by atoms with Crippen LogP contribution >= 0.6 is 0 Å². The van der Waals surface area contributed by atoms with E-state index in [0.717, 1.165) is 6.92 Å². The molecule has 0 spiro atoms. The van der Waals surface area contributed by atoms with Crippen molar-refractivity contribution in [2.45, 2.75) is 25.2 Å². The third-order valence-electron chi connectivity index (χ3n) is 1.07. The molecule has 5 N–H and O–H groups in total. The lowest BCUT2D eigenvalue weighted by Crippen LogP contribution is -2.40. The van der Waals surface area contributed by atoms with Crippen molar-refractivity contribution in [2.24, 2.45) is 0 Å². The fourth-order valence-corrected chi connectivity index (χ4v) is 0.416. The summed E-state index contributed by atoms with van der Waals surface area (Å²) < 4.78 is 0. The maximum atomic E-state index is 9.76. The number of aldehydes is 1. The lowest BCUT2D eigenvalue weighted by Gasteiger charge is -2.16. The molecule has 0 saturated carbocycles. The van der Waals surface area contributed by atoms with Crippen molar-refractivity contribution in [3.8, 4) is 0 Å². The van der Waals surface area contributed by atoms with Gasteiger partial charge in [0.25, 0.3) is 5.97 Å². The van der Waals surface area contributed by atoms with E-state index < -0.39 is 30.9 Å². The van der Waals surface area contributed by atoms with Gasteiger partial charge in [-0.2, -0.15) is 0 Å². The molecule has 0 bridgehead atoms. The molecule has 7 nitrogen and oxygen atoms in total. The van der Waals surface area contributed by atoms with Gasteiger partial charge in [-0.25, -0.2) is 0 Å². The average molecular weight is 210 g/mol. The first-order chi connectivity index (χ1) is 6.36. The number of aliphatic carboxylic acids is 1. The number of rotatable bonds is 4. The standard InChI is InChI=1S/C5H10O5.C2H4O2/c6-1-3(8)5(10)4(9)2-7;1-2(3)4/h1,3-5,7-10H,2H2;1H3,(H,3,4)/t3-,4+,5-;/m0./s1. The molecule has 3 atom stereocenters. The minimum absolute atomic E-state index is 0.0869. The SMILES string of the molecule is CC(=O)O.O=C[C@H](O)[C@H](O)[C@H](O)CO. The summed E-state index contributed by atoms with van der Waals surface area (Å²) in [7, 11) is 0. The van der Waals surface area contributed by atoms with Crippen LogP contribution in [0.25, 0.3) is 0 Å². The maximum Gasteiger partial charge on any atom is 0.300 e. The monoisotopic (exact) mass is 210 g/mol. The first-order valence-corrected chi connectivity index (χ1v) is 3.66. The summed E-state index contributed by atoms with van der Waals surface area (Å²) in [6.07, 6.45) is -4.63. The van der Waals surface area contributed by atoms with Gasteiger partial charge in [-0.1, -0.05) is 0 Å². The zero-order valence-electron chi connectivity index (χ0n) is 7.57. The second-order valence-corrected chi connectivity index (χ2v) is 2.39. The van der Waals surface area contributed by atoms with Gasteiger partial charge < -0.3 is 30.3 Å². The molecule has 0 aromatic heterocycles. The Kier molecular flexibility index (Phi) is 9.46. The number of carbonyl (C=O) groups excluding carboxylic acids is 1. The highest BCUT2D eigenvalue weighted by atomic mass is 16.4. The second kappa shape index (κ2) is 8.57. The van der Waals surface area contributed by atoms with E-state index in [1.54, 1.807) is 0 Å². The van der Waals surface area contributed by atoms with Crippen molar-refractivity contribution >= 4 is 12.3 Å². The molecular formula is C7H14O7. The first-order valence-electron chi connectivity index (χ1n) is 3.66. The van der Waals surface area contributed by atoms with Crippen molar-refractivity contribution in [3.63, 3.8) is 0 Å². The molecule has 0 unspecified atom stereocenters. The second-order valence-electron chi connectivity index (χ2n) is 2.39. The third kappa shape index (κ3) is 9.07. The Morgan fingerprint density at radius 2 is 1.71 bits per heavy atom. The van der Waals surface area contributed by atoms with Crippen LogP contribution in [0.2, 0.25) is 0 Å². The molecule has 0 heterocycles. The Bertz CT molecular complexity index is 165. The van der Waals surface area contributed by atoms with Gasteiger partial charge in [-0.3, -0.25) is 4.79 Å². The molecule has 14 heavy (non-hydrogen) atoms. The number of hydrogen-bond acceptors (Lipinski definition) is 6. The van der Waals surface area contributed by atoms with Crippen LogP contribution in [0.4, 0.5) is 0 Å². The zero-order chi connectivity index (χ0) is 11.7. The van der Waals surface area contributed by atoms with Crippen LogP contribution in [0.5, 0.6) is 0 Å². The summed E-state index contributed by atoms with van der Waals surface area (Å²) in [5, 5.41) is 41.5. The number of aliphatic hydroxyl groups excluding tert-OH is 4. The molecule has 0 radical (unpaired) electrons. The van der Waals surface area contributed by atoms with Crippen LogP contribution < -0.4 is 0 Å². The molecular weight excluding hydrogens is 196 g/mol. The van der Waals surface area contributed by atoms with Gasteiger partial charge in [0, 0.05) is 6.92 Å². The van der Waals surface area contributed by atoms with Gasteiger partial charge in [0.15, 0.2) is 6.29 Å². The number of carboxylic acid groups (broad SMARTS) is 1. The van der Waals surface area contributed by atoms with Gasteiger partial charge in [-0.15, -0.1) is 0 Å².